The molecule has 0 aliphatic heterocycles. The largest absolute Gasteiger partial charge is 0.256 e. The lowest BCUT2D eigenvalue weighted by Crippen LogP contribution is -1.90. The highest BCUT2D eigenvalue weighted by Gasteiger charge is 2.04. The fourth-order valence-corrected chi connectivity index (χ4v) is 8.88. The van der Waals surface area contributed by atoms with Crippen molar-refractivity contribution in [2.45, 2.75) is 42.2 Å². The molecule has 0 saturated heterocycles. The highest BCUT2D eigenvalue weighted by molar-refractivity contribution is 9.09. The molecule has 0 spiro atoms. The van der Waals surface area contributed by atoms with Gasteiger partial charge in [-0.05, 0) is 91.7 Å². The zero-order chi connectivity index (χ0) is 52.6. The Kier molecular flexibility index (Phi) is 23.0. The number of alkyl halides is 6. The fraction of sp³-hybridized carbons (Fsp3) is 0.143. The summed E-state index contributed by atoms with van der Waals surface area (Å²) >= 11 is 29.7. The summed E-state index contributed by atoms with van der Waals surface area (Å²) < 4.78 is 0. The van der Waals surface area contributed by atoms with Crippen LogP contribution in [0.2, 0.25) is 0 Å². The maximum absolute atomic E-state index is 5.94. The van der Waals surface area contributed by atoms with E-state index in [1.807, 2.05) is 171 Å². The van der Waals surface area contributed by atoms with Crippen LogP contribution in [-0.4, -0.2) is 41.1 Å². The van der Waals surface area contributed by atoms with Gasteiger partial charge in [-0.2, -0.15) is 0 Å². The molecule has 0 aliphatic carbocycles. The maximum Gasteiger partial charge on any atom is 0.0729 e. The lowest BCUT2D eigenvalue weighted by Gasteiger charge is -2.03. The molecule has 12 aromatic rings. The lowest BCUT2D eigenvalue weighted by atomic mass is 10.2. The summed E-state index contributed by atoms with van der Waals surface area (Å²) in [7, 11) is 0. The second kappa shape index (κ2) is 30.5. The molecule has 0 N–H and O–H groups in total. The standard InChI is InChI=1S/C11H10BrN.2C11H10ClN.C10H8BrN.2C10H8ClN/c12-8-7-10-6-5-9-3-1-2-4-11(9)13-10;1-8(12)10-7-6-9-4-2-3-5-11(9)13-10;12-8-7-10-6-5-9-3-1-2-4-11(9)13-10;11-7-9-6-5-8-3-1-2-4-10(8)12-9;11-6-8-5-9-3-1-2-4-10(9)12-7-8;11-7-9-6-5-8-3-1-2-4-10(8)12-9/h1-6H,7-8H2;2-8H,1H3;1-6H,7-8H2;1-6H,7H2;1-5,7H,6H2;1-6H,7H2. The number of pyridine rings is 6. The molecule has 6 aromatic carbocycles. The zero-order valence-electron chi connectivity index (χ0n) is 41.3. The Morgan fingerprint density at radius 1 is 0.387 bits per heavy atom. The van der Waals surface area contributed by atoms with Gasteiger partial charge in [0, 0.05) is 78.7 Å². The SMILES string of the molecule is BrCCc1ccc2ccccc2n1.BrCc1ccc2ccccc2n1.CC(Cl)c1ccc2ccccc2n1.ClCCc1ccc2ccccc2n1.ClCc1ccc2ccccc2n1.ClCc1cnc2ccccc2c1. The van der Waals surface area contributed by atoms with Gasteiger partial charge in [-0.3, -0.25) is 29.9 Å². The van der Waals surface area contributed by atoms with Gasteiger partial charge in [0.1, 0.15) is 0 Å². The highest BCUT2D eigenvalue weighted by Crippen LogP contribution is 2.21. The molecular weight excluding hydrogens is 1140 g/mol. The van der Waals surface area contributed by atoms with Gasteiger partial charge in [0.05, 0.1) is 61.4 Å². The second-order valence-electron chi connectivity index (χ2n) is 16.8. The van der Waals surface area contributed by atoms with E-state index in [0.29, 0.717) is 17.6 Å². The van der Waals surface area contributed by atoms with Crippen LogP contribution in [0.3, 0.4) is 0 Å². The lowest BCUT2D eigenvalue weighted by molar-refractivity contribution is 1.01. The highest BCUT2D eigenvalue weighted by atomic mass is 79.9. The van der Waals surface area contributed by atoms with Crippen LogP contribution in [0.1, 0.15) is 46.3 Å². The molecule has 1 atom stereocenters. The van der Waals surface area contributed by atoms with E-state index in [1.54, 1.807) is 0 Å². The molecule has 0 fully saturated rings. The van der Waals surface area contributed by atoms with Crippen LogP contribution in [0.4, 0.5) is 0 Å². The zero-order valence-corrected chi connectivity index (χ0v) is 47.5. The van der Waals surface area contributed by atoms with E-state index < -0.39 is 0 Å². The first-order valence-corrected chi connectivity index (χ1v) is 28.6. The molecule has 12 heteroatoms. The Bertz CT molecular complexity index is 3420. The van der Waals surface area contributed by atoms with Crippen LogP contribution in [0.25, 0.3) is 65.4 Å². The molecule has 0 amide bonds. The summed E-state index contributed by atoms with van der Waals surface area (Å²) in [4.78, 5) is 26.5. The van der Waals surface area contributed by atoms with Crippen LogP contribution in [0.15, 0.2) is 219 Å². The number of aromatic nitrogens is 6. The Hall–Kier alpha value is -6.10. The van der Waals surface area contributed by atoms with Gasteiger partial charge < -0.3 is 0 Å². The number of fused-ring (bicyclic) bond motifs is 6. The van der Waals surface area contributed by atoms with E-state index in [4.69, 9.17) is 46.4 Å². The van der Waals surface area contributed by atoms with Gasteiger partial charge in [-0.25, -0.2) is 0 Å². The van der Waals surface area contributed by atoms with Crippen LogP contribution in [-0.2, 0) is 29.9 Å². The molecule has 6 nitrogen and oxygen atoms in total. The van der Waals surface area contributed by atoms with E-state index in [0.717, 1.165) is 107 Å². The van der Waals surface area contributed by atoms with Crippen molar-refractivity contribution in [3.8, 4) is 0 Å². The summed E-state index contributed by atoms with van der Waals surface area (Å²) in [6.07, 6.45) is 3.65. The maximum atomic E-state index is 5.94. The number of para-hydroxylation sites is 6. The number of hydrogen-bond donors (Lipinski definition) is 0. The first kappa shape index (κ1) is 56.6. The first-order chi connectivity index (χ1) is 36.8. The Morgan fingerprint density at radius 3 is 1.19 bits per heavy atom. The fourth-order valence-electron chi connectivity index (χ4n) is 7.55. The molecule has 12 rings (SSSR count). The van der Waals surface area contributed by atoms with E-state index in [-0.39, 0.29) is 5.38 Å². The van der Waals surface area contributed by atoms with Crippen LogP contribution < -0.4 is 0 Å². The third kappa shape index (κ3) is 17.5. The third-order valence-corrected chi connectivity index (χ3v) is 13.4. The minimum atomic E-state index is -0.0235. The smallest absolute Gasteiger partial charge is 0.0729 e. The average Bonchev–Trinajstić information content (AvgIpc) is 3.47. The predicted octanol–water partition coefficient (Wildman–Crippen LogP) is 18.8. The van der Waals surface area contributed by atoms with Crippen molar-refractivity contribution in [3.05, 3.63) is 253 Å². The number of halogens is 6. The molecule has 0 aliphatic rings. The molecular formula is C63H54Br2Cl4N6. The number of aryl methyl sites for hydroxylation is 2. The Balaban J connectivity index is 0.000000131. The van der Waals surface area contributed by atoms with Crippen LogP contribution in [0, 0.1) is 0 Å². The third-order valence-electron chi connectivity index (χ3n) is 11.4. The summed E-state index contributed by atoms with van der Waals surface area (Å²) in [5, 5.41) is 8.81. The van der Waals surface area contributed by atoms with Crippen molar-refractivity contribution in [1.82, 2.24) is 29.9 Å². The molecule has 6 aromatic heterocycles. The Labute approximate surface area is 475 Å². The van der Waals surface area contributed by atoms with Gasteiger partial charge in [0.15, 0.2) is 0 Å². The normalized spacial score (nSPS) is 10.9. The second-order valence-corrected chi connectivity index (χ2v) is 19.8. The summed E-state index contributed by atoms with van der Waals surface area (Å²) in [6.45, 7) is 1.93. The molecule has 378 valence electrons. The van der Waals surface area contributed by atoms with Crippen molar-refractivity contribution in [1.29, 1.82) is 0 Å². The van der Waals surface area contributed by atoms with Gasteiger partial charge >= 0.3 is 0 Å². The monoisotopic (exact) mass is 1190 g/mol. The minimum absolute atomic E-state index is 0.0235. The average molecular weight is 1200 g/mol. The Morgan fingerprint density at radius 2 is 0.760 bits per heavy atom. The quantitative estimate of drug-likeness (QED) is 0.141. The van der Waals surface area contributed by atoms with Crippen molar-refractivity contribution in [3.63, 3.8) is 0 Å². The molecule has 75 heavy (non-hydrogen) atoms. The van der Waals surface area contributed by atoms with E-state index in [2.05, 4.69) is 116 Å². The van der Waals surface area contributed by atoms with Gasteiger partial charge in [0.2, 0.25) is 0 Å². The summed E-state index contributed by atoms with van der Waals surface area (Å²) in [5.41, 5.74) is 12.4. The van der Waals surface area contributed by atoms with E-state index in [9.17, 15) is 0 Å². The molecule has 6 heterocycles. The van der Waals surface area contributed by atoms with Crippen LogP contribution in [0.5, 0.6) is 0 Å². The number of nitrogens with zero attached hydrogens (tertiary/aromatic N) is 6. The summed E-state index contributed by atoms with van der Waals surface area (Å²) in [5.74, 6) is 1.63. The summed E-state index contributed by atoms with van der Waals surface area (Å²) in [6, 6.07) is 71.0. The molecule has 1 unspecified atom stereocenters. The van der Waals surface area contributed by atoms with Gasteiger partial charge in [0.25, 0.3) is 0 Å². The number of rotatable bonds is 8. The van der Waals surface area contributed by atoms with E-state index >= 15 is 0 Å². The molecule has 0 radical (unpaired) electrons. The minimum Gasteiger partial charge on any atom is -0.256 e. The molecule has 0 saturated carbocycles. The number of benzene rings is 6. The molecule has 0 bridgehead atoms. The van der Waals surface area contributed by atoms with Crippen molar-refractivity contribution < 1.29 is 0 Å². The predicted molar refractivity (Wildman–Crippen MR) is 328 cm³/mol. The van der Waals surface area contributed by atoms with Crippen molar-refractivity contribution in [2.75, 3.05) is 11.2 Å². The topological polar surface area (TPSA) is 77.3 Å². The number of hydrogen-bond acceptors (Lipinski definition) is 6. The van der Waals surface area contributed by atoms with Crippen molar-refractivity contribution >= 4 is 144 Å². The van der Waals surface area contributed by atoms with Crippen molar-refractivity contribution in [2.24, 2.45) is 0 Å². The first-order valence-electron chi connectivity index (χ1n) is 24.3. The van der Waals surface area contributed by atoms with Gasteiger partial charge in [-0.15, -0.1) is 46.4 Å². The van der Waals surface area contributed by atoms with E-state index in [1.165, 1.54) is 16.2 Å². The van der Waals surface area contributed by atoms with Gasteiger partial charge in [-0.1, -0.05) is 171 Å². The van der Waals surface area contributed by atoms with Crippen LogP contribution >= 0.6 is 78.3 Å².